The molecule has 1 aromatic heterocycles. The van der Waals surface area contributed by atoms with Gasteiger partial charge in [-0.3, -0.25) is 4.98 Å². The molecule has 0 spiro atoms. The molecule has 0 aliphatic heterocycles. The summed E-state index contributed by atoms with van der Waals surface area (Å²) < 4.78 is 5.95. The number of ether oxygens (including phenoxy) is 1. The van der Waals surface area contributed by atoms with Crippen molar-refractivity contribution in [3.05, 3.63) is 53.3 Å². The molecule has 0 atom stereocenters. The van der Waals surface area contributed by atoms with E-state index < -0.39 is 0 Å². The van der Waals surface area contributed by atoms with Crippen LogP contribution in [0.5, 0.6) is 11.5 Å². The quantitative estimate of drug-likeness (QED) is 0.806. The number of pyridine rings is 1. The molecule has 0 saturated heterocycles. The van der Waals surface area contributed by atoms with E-state index in [1.807, 2.05) is 12.3 Å². The van der Waals surface area contributed by atoms with Crippen molar-refractivity contribution in [1.82, 2.24) is 10.3 Å². The normalized spacial score (nSPS) is 10.6. The van der Waals surface area contributed by atoms with Gasteiger partial charge in [0.2, 0.25) is 0 Å². The highest BCUT2D eigenvalue weighted by atomic mass is 16.5. The average molecular weight is 270 g/mol. The van der Waals surface area contributed by atoms with Gasteiger partial charge in [0.25, 0.3) is 0 Å². The summed E-state index contributed by atoms with van der Waals surface area (Å²) in [5, 5.41) is 3.37. The second-order valence-electron chi connectivity index (χ2n) is 5.08. The van der Waals surface area contributed by atoms with E-state index in [-0.39, 0.29) is 0 Å². The summed E-state index contributed by atoms with van der Waals surface area (Å²) in [4.78, 5) is 4.25. The van der Waals surface area contributed by atoms with Crippen LogP contribution in [0.25, 0.3) is 0 Å². The van der Waals surface area contributed by atoms with Gasteiger partial charge in [0, 0.05) is 12.7 Å². The fraction of sp³-hybridized carbons (Fsp3) is 0.353. The number of nitrogens with zero attached hydrogens (tertiary/aromatic N) is 1. The Morgan fingerprint density at radius 2 is 2.00 bits per heavy atom. The molecule has 0 fully saturated rings. The average Bonchev–Trinajstić information content (AvgIpc) is 2.44. The monoisotopic (exact) mass is 270 g/mol. The number of rotatable bonds is 6. The molecule has 0 bridgehead atoms. The number of benzene rings is 1. The molecule has 1 aromatic carbocycles. The lowest BCUT2D eigenvalue weighted by Gasteiger charge is -2.10. The fourth-order valence-electron chi connectivity index (χ4n) is 1.97. The molecule has 3 nitrogen and oxygen atoms in total. The van der Waals surface area contributed by atoms with Crippen LogP contribution < -0.4 is 10.1 Å². The Bertz CT molecular complexity index is 567. The van der Waals surface area contributed by atoms with E-state index in [4.69, 9.17) is 4.74 Å². The molecule has 0 aliphatic rings. The molecule has 0 saturated carbocycles. The summed E-state index contributed by atoms with van der Waals surface area (Å²) in [7, 11) is 0. The topological polar surface area (TPSA) is 34.2 Å². The van der Waals surface area contributed by atoms with Crippen molar-refractivity contribution < 1.29 is 4.74 Å². The zero-order valence-electron chi connectivity index (χ0n) is 12.4. The lowest BCUT2D eigenvalue weighted by atomic mass is 10.1. The first-order valence-electron chi connectivity index (χ1n) is 7.09. The van der Waals surface area contributed by atoms with Crippen molar-refractivity contribution in [2.75, 3.05) is 6.54 Å². The van der Waals surface area contributed by atoms with Crippen molar-refractivity contribution in [1.29, 1.82) is 0 Å². The standard InChI is InChI=1S/C17H22N2O/c1-4-7-18-10-15-9-16(12-19-11-15)20-17-8-13(2)5-6-14(17)3/h5-6,8-9,11-12,18H,4,7,10H2,1-3H3. The molecular formula is C17H22N2O. The van der Waals surface area contributed by atoms with E-state index in [1.165, 1.54) is 5.56 Å². The van der Waals surface area contributed by atoms with E-state index in [2.05, 4.69) is 49.3 Å². The number of hydrogen-bond acceptors (Lipinski definition) is 3. The van der Waals surface area contributed by atoms with Crippen LogP contribution in [0.4, 0.5) is 0 Å². The van der Waals surface area contributed by atoms with Crippen molar-refractivity contribution in [2.45, 2.75) is 33.7 Å². The SMILES string of the molecule is CCCNCc1cncc(Oc2cc(C)ccc2C)c1. The zero-order chi connectivity index (χ0) is 14.4. The Hall–Kier alpha value is -1.87. The minimum absolute atomic E-state index is 0.787. The number of aromatic nitrogens is 1. The Labute approximate surface area is 121 Å². The molecule has 0 unspecified atom stereocenters. The smallest absolute Gasteiger partial charge is 0.146 e. The van der Waals surface area contributed by atoms with Crippen LogP contribution in [-0.2, 0) is 6.54 Å². The summed E-state index contributed by atoms with van der Waals surface area (Å²) in [6.45, 7) is 8.11. The van der Waals surface area contributed by atoms with E-state index in [9.17, 15) is 0 Å². The van der Waals surface area contributed by atoms with Gasteiger partial charge >= 0.3 is 0 Å². The molecular weight excluding hydrogens is 248 g/mol. The summed E-state index contributed by atoms with van der Waals surface area (Å²) in [6, 6.07) is 8.26. The zero-order valence-corrected chi connectivity index (χ0v) is 12.4. The molecule has 2 aromatic rings. The lowest BCUT2D eigenvalue weighted by molar-refractivity contribution is 0.475. The minimum Gasteiger partial charge on any atom is -0.455 e. The number of nitrogens with one attached hydrogen (secondary N) is 1. The third kappa shape index (κ3) is 4.07. The minimum atomic E-state index is 0.787. The predicted octanol–water partition coefficient (Wildman–Crippen LogP) is 3.99. The number of hydrogen-bond donors (Lipinski definition) is 1. The Kier molecular flexibility index (Phi) is 5.13. The molecule has 20 heavy (non-hydrogen) atoms. The summed E-state index contributed by atoms with van der Waals surface area (Å²) in [5.74, 6) is 1.68. The maximum atomic E-state index is 5.95. The van der Waals surface area contributed by atoms with Crippen molar-refractivity contribution in [3.63, 3.8) is 0 Å². The van der Waals surface area contributed by atoms with Gasteiger partial charge in [-0.2, -0.15) is 0 Å². The first-order valence-corrected chi connectivity index (χ1v) is 7.09. The Morgan fingerprint density at radius 3 is 2.80 bits per heavy atom. The van der Waals surface area contributed by atoms with Crippen LogP contribution in [0.2, 0.25) is 0 Å². The Balaban J connectivity index is 2.09. The van der Waals surface area contributed by atoms with E-state index >= 15 is 0 Å². The summed E-state index contributed by atoms with van der Waals surface area (Å²) in [6.07, 6.45) is 4.76. The van der Waals surface area contributed by atoms with E-state index in [0.29, 0.717) is 0 Å². The fourth-order valence-corrected chi connectivity index (χ4v) is 1.97. The van der Waals surface area contributed by atoms with Crippen molar-refractivity contribution in [2.24, 2.45) is 0 Å². The molecule has 2 rings (SSSR count). The largest absolute Gasteiger partial charge is 0.455 e. The Morgan fingerprint density at radius 1 is 1.15 bits per heavy atom. The molecule has 0 amide bonds. The van der Waals surface area contributed by atoms with Crippen LogP contribution in [0.1, 0.15) is 30.0 Å². The lowest BCUT2D eigenvalue weighted by Crippen LogP contribution is -2.13. The predicted molar refractivity (Wildman–Crippen MR) is 82.2 cm³/mol. The van der Waals surface area contributed by atoms with Gasteiger partial charge in [0.05, 0.1) is 6.20 Å². The second kappa shape index (κ2) is 7.06. The van der Waals surface area contributed by atoms with Crippen molar-refractivity contribution >= 4 is 0 Å². The van der Waals surface area contributed by atoms with Crippen LogP contribution in [-0.4, -0.2) is 11.5 Å². The maximum absolute atomic E-state index is 5.95. The first-order chi connectivity index (χ1) is 9.69. The van der Waals surface area contributed by atoms with E-state index in [1.54, 1.807) is 6.20 Å². The van der Waals surface area contributed by atoms with Gasteiger partial charge < -0.3 is 10.1 Å². The van der Waals surface area contributed by atoms with Crippen molar-refractivity contribution in [3.8, 4) is 11.5 Å². The van der Waals surface area contributed by atoms with Crippen LogP contribution >= 0.6 is 0 Å². The third-order valence-corrected chi connectivity index (χ3v) is 3.10. The van der Waals surface area contributed by atoms with Gasteiger partial charge in [-0.05, 0) is 55.6 Å². The molecule has 1 heterocycles. The highest BCUT2D eigenvalue weighted by Crippen LogP contribution is 2.25. The molecule has 1 N–H and O–H groups in total. The molecule has 0 aliphatic carbocycles. The first kappa shape index (κ1) is 14.5. The van der Waals surface area contributed by atoms with E-state index in [0.717, 1.165) is 42.1 Å². The van der Waals surface area contributed by atoms with Gasteiger partial charge in [-0.15, -0.1) is 0 Å². The summed E-state index contributed by atoms with van der Waals surface area (Å²) >= 11 is 0. The molecule has 3 heteroatoms. The van der Waals surface area contributed by atoms with Gasteiger partial charge in [0.1, 0.15) is 11.5 Å². The summed E-state index contributed by atoms with van der Waals surface area (Å²) in [5.41, 5.74) is 3.46. The van der Waals surface area contributed by atoms with Crippen LogP contribution in [0, 0.1) is 13.8 Å². The van der Waals surface area contributed by atoms with Gasteiger partial charge in [-0.25, -0.2) is 0 Å². The second-order valence-corrected chi connectivity index (χ2v) is 5.08. The highest BCUT2D eigenvalue weighted by Gasteiger charge is 2.03. The highest BCUT2D eigenvalue weighted by molar-refractivity contribution is 5.39. The maximum Gasteiger partial charge on any atom is 0.146 e. The van der Waals surface area contributed by atoms with Crippen LogP contribution in [0.15, 0.2) is 36.7 Å². The third-order valence-electron chi connectivity index (χ3n) is 3.10. The number of aryl methyl sites for hydroxylation is 2. The molecule has 0 radical (unpaired) electrons. The van der Waals surface area contributed by atoms with Crippen LogP contribution in [0.3, 0.4) is 0 Å². The van der Waals surface area contributed by atoms with Gasteiger partial charge in [-0.1, -0.05) is 19.1 Å². The van der Waals surface area contributed by atoms with Gasteiger partial charge in [0.15, 0.2) is 0 Å². The molecule has 106 valence electrons.